The Morgan fingerprint density at radius 1 is 1.12 bits per heavy atom. The summed E-state index contributed by atoms with van der Waals surface area (Å²) in [6.45, 7) is 1.93. The molecule has 0 aliphatic heterocycles. The number of carbonyl (C=O) groups excluding carboxylic acids is 1. The Hall–Kier alpha value is -3.02. The lowest BCUT2D eigenvalue weighted by Gasteiger charge is -2.16. The predicted octanol–water partition coefficient (Wildman–Crippen LogP) is 3.54. The number of aryl methyl sites for hydroxylation is 1. The third-order valence-corrected chi connectivity index (χ3v) is 3.83. The number of benzene rings is 2. The van der Waals surface area contributed by atoms with Gasteiger partial charge in [0.2, 0.25) is 5.91 Å². The first-order chi connectivity index (χ1) is 12.5. The number of rotatable bonds is 9. The Balaban J connectivity index is 1.85. The van der Waals surface area contributed by atoms with E-state index >= 15 is 0 Å². The summed E-state index contributed by atoms with van der Waals surface area (Å²) in [5.41, 5.74) is 2.54. The summed E-state index contributed by atoms with van der Waals surface area (Å²) in [7, 11) is 1.59. The van der Waals surface area contributed by atoms with Gasteiger partial charge in [0.25, 0.3) is 0 Å². The van der Waals surface area contributed by atoms with Crippen LogP contribution in [0.15, 0.2) is 48.5 Å². The molecule has 0 heterocycles. The van der Waals surface area contributed by atoms with Crippen LogP contribution in [0.1, 0.15) is 25.3 Å². The molecule has 26 heavy (non-hydrogen) atoms. The van der Waals surface area contributed by atoms with Crippen molar-refractivity contribution in [2.75, 3.05) is 17.7 Å². The van der Waals surface area contributed by atoms with Crippen molar-refractivity contribution in [1.82, 2.24) is 0 Å². The number of carboxylic acids is 1. The van der Waals surface area contributed by atoms with E-state index in [1.54, 1.807) is 31.4 Å². The molecule has 0 aromatic heterocycles. The van der Waals surface area contributed by atoms with Crippen LogP contribution in [-0.4, -0.2) is 30.1 Å². The van der Waals surface area contributed by atoms with E-state index < -0.39 is 5.97 Å². The highest BCUT2D eigenvalue weighted by Crippen LogP contribution is 2.17. The van der Waals surface area contributed by atoms with Crippen LogP contribution in [0.25, 0.3) is 0 Å². The third-order valence-electron chi connectivity index (χ3n) is 3.83. The average Bonchev–Trinajstić information content (AvgIpc) is 2.60. The molecule has 2 rings (SSSR count). The van der Waals surface area contributed by atoms with Gasteiger partial charge in [0.1, 0.15) is 5.75 Å². The van der Waals surface area contributed by atoms with Crippen molar-refractivity contribution in [3.8, 4) is 5.75 Å². The number of carbonyl (C=O) groups is 2. The van der Waals surface area contributed by atoms with Gasteiger partial charge in [-0.2, -0.15) is 0 Å². The summed E-state index contributed by atoms with van der Waals surface area (Å²) in [5.74, 6) is -0.162. The molecule has 2 aromatic rings. The van der Waals surface area contributed by atoms with Crippen molar-refractivity contribution in [2.24, 2.45) is 0 Å². The highest BCUT2D eigenvalue weighted by atomic mass is 16.5. The first kappa shape index (κ1) is 19.3. The van der Waals surface area contributed by atoms with Gasteiger partial charge in [-0.15, -0.1) is 0 Å². The van der Waals surface area contributed by atoms with E-state index in [0.29, 0.717) is 12.8 Å². The molecule has 0 saturated heterocycles. The summed E-state index contributed by atoms with van der Waals surface area (Å²) in [4.78, 5) is 22.8. The smallest absolute Gasteiger partial charge is 0.303 e. The molecule has 0 radical (unpaired) electrons. The van der Waals surface area contributed by atoms with E-state index in [4.69, 9.17) is 9.84 Å². The predicted molar refractivity (Wildman–Crippen MR) is 102 cm³/mol. The maximum Gasteiger partial charge on any atom is 0.303 e. The molecular formula is C20H24N2O4. The van der Waals surface area contributed by atoms with E-state index in [-0.39, 0.29) is 18.4 Å². The number of hydrogen-bond acceptors (Lipinski definition) is 4. The zero-order valence-electron chi connectivity index (χ0n) is 15.0. The van der Waals surface area contributed by atoms with Gasteiger partial charge in [0.05, 0.1) is 7.11 Å². The van der Waals surface area contributed by atoms with Crippen molar-refractivity contribution in [3.63, 3.8) is 0 Å². The Morgan fingerprint density at radius 3 is 2.50 bits per heavy atom. The number of carboxylic acid groups (broad SMARTS) is 1. The molecule has 1 atom stereocenters. The molecule has 2 aromatic carbocycles. The summed E-state index contributed by atoms with van der Waals surface area (Å²) < 4.78 is 5.09. The van der Waals surface area contributed by atoms with Crippen LogP contribution < -0.4 is 15.4 Å². The lowest BCUT2D eigenvalue weighted by Crippen LogP contribution is -2.23. The van der Waals surface area contributed by atoms with Crippen LogP contribution in [0.2, 0.25) is 0 Å². The molecule has 0 fully saturated rings. The molecular weight excluding hydrogens is 332 g/mol. The summed E-state index contributed by atoms with van der Waals surface area (Å²) in [6.07, 6.45) is 0.895. The number of nitrogens with one attached hydrogen (secondary N) is 2. The van der Waals surface area contributed by atoms with Crippen molar-refractivity contribution in [2.45, 2.75) is 32.2 Å². The van der Waals surface area contributed by atoms with Crippen molar-refractivity contribution >= 4 is 23.3 Å². The van der Waals surface area contributed by atoms with Crippen molar-refractivity contribution in [3.05, 3.63) is 54.1 Å². The van der Waals surface area contributed by atoms with Gasteiger partial charge in [-0.1, -0.05) is 12.1 Å². The monoisotopic (exact) mass is 356 g/mol. The Kier molecular flexibility index (Phi) is 7.02. The summed E-state index contributed by atoms with van der Waals surface area (Å²) in [6, 6.07) is 14.7. The highest BCUT2D eigenvalue weighted by Gasteiger charge is 2.10. The standard InChI is InChI=1S/C20H24N2O4/c1-14(12-19(23)22-16-7-9-18(26-2)10-8-16)21-17-5-3-4-15(13-17)6-11-20(24)25/h3-5,7-10,13-14,21H,6,11-12H2,1-2H3,(H,22,23)(H,24,25). The third kappa shape index (κ3) is 6.47. The second-order valence-corrected chi connectivity index (χ2v) is 6.12. The number of anilines is 2. The minimum absolute atomic E-state index is 0.0667. The van der Waals surface area contributed by atoms with E-state index in [9.17, 15) is 9.59 Å². The normalized spacial score (nSPS) is 11.5. The minimum Gasteiger partial charge on any atom is -0.497 e. The molecule has 0 aliphatic rings. The molecule has 6 heteroatoms. The molecule has 0 saturated carbocycles. The van der Waals surface area contributed by atoms with Gasteiger partial charge in [0, 0.05) is 30.3 Å². The molecule has 6 nitrogen and oxygen atoms in total. The van der Waals surface area contributed by atoms with Crippen LogP contribution >= 0.6 is 0 Å². The average molecular weight is 356 g/mol. The second-order valence-electron chi connectivity index (χ2n) is 6.12. The molecule has 3 N–H and O–H groups in total. The van der Waals surface area contributed by atoms with Gasteiger partial charge in [-0.05, 0) is 55.3 Å². The lowest BCUT2D eigenvalue weighted by atomic mass is 10.1. The first-order valence-electron chi connectivity index (χ1n) is 8.47. The number of aliphatic carboxylic acids is 1. The first-order valence-corrected chi connectivity index (χ1v) is 8.47. The maximum absolute atomic E-state index is 12.2. The van der Waals surface area contributed by atoms with Crippen LogP contribution in [0, 0.1) is 0 Å². The lowest BCUT2D eigenvalue weighted by molar-refractivity contribution is -0.137. The van der Waals surface area contributed by atoms with Gasteiger partial charge in [0.15, 0.2) is 0 Å². The van der Waals surface area contributed by atoms with E-state index in [1.807, 2.05) is 31.2 Å². The van der Waals surface area contributed by atoms with Crippen LogP contribution in [0.3, 0.4) is 0 Å². The van der Waals surface area contributed by atoms with Crippen LogP contribution in [0.4, 0.5) is 11.4 Å². The van der Waals surface area contributed by atoms with Crippen molar-refractivity contribution in [1.29, 1.82) is 0 Å². The summed E-state index contributed by atoms with van der Waals surface area (Å²) >= 11 is 0. The quantitative estimate of drug-likeness (QED) is 0.640. The maximum atomic E-state index is 12.2. The number of ether oxygens (including phenoxy) is 1. The van der Waals surface area contributed by atoms with E-state index in [1.165, 1.54) is 0 Å². The van der Waals surface area contributed by atoms with Gasteiger partial charge >= 0.3 is 5.97 Å². The van der Waals surface area contributed by atoms with Gasteiger partial charge in [-0.25, -0.2) is 0 Å². The molecule has 1 amide bonds. The fraction of sp³-hybridized carbons (Fsp3) is 0.300. The van der Waals surface area contributed by atoms with Crippen molar-refractivity contribution < 1.29 is 19.4 Å². The number of methoxy groups -OCH3 is 1. The topological polar surface area (TPSA) is 87.7 Å². The molecule has 138 valence electrons. The molecule has 0 spiro atoms. The van der Waals surface area contributed by atoms with Crippen LogP contribution in [0.5, 0.6) is 5.75 Å². The SMILES string of the molecule is COc1ccc(NC(=O)CC(C)Nc2cccc(CCC(=O)O)c2)cc1. The molecule has 0 aliphatic carbocycles. The van der Waals surface area contributed by atoms with E-state index in [2.05, 4.69) is 10.6 Å². The summed E-state index contributed by atoms with van der Waals surface area (Å²) in [5, 5.41) is 14.9. The zero-order chi connectivity index (χ0) is 18.9. The van der Waals surface area contributed by atoms with Gasteiger partial charge in [-0.3, -0.25) is 9.59 Å². The highest BCUT2D eigenvalue weighted by molar-refractivity contribution is 5.91. The van der Waals surface area contributed by atoms with E-state index in [0.717, 1.165) is 22.7 Å². The second kappa shape index (κ2) is 9.46. The molecule has 1 unspecified atom stereocenters. The Morgan fingerprint density at radius 2 is 1.85 bits per heavy atom. The van der Waals surface area contributed by atoms with Gasteiger partial charge < -0.3 is 20.5 Å². The number of hydrogen-bond donors (Lipinski definition) is 3. The minimum atomic E-state index is -0.813. The fourth-order valence-electron chi connectivity index (χ4n) is 2.57. The largest absolute Gasteiger partial charge is 0.497 e. The number of amides is 1. The van der Waals surface area contributed by atoms with Crippen LogP contribution in [-0.2, 0) is 16.0 Å². The fourth-order valence-corrected chi connectivity index (χ4v) is 2.57. The Labute approximate surface area is 153 Å². The Bertz CT molecular complexity index is 744. The zero-order valence-corrected chi connectivity index (χ0v) is 15.0. The molecule has 0 bridgehead atoms.